The van der Waals surface area contributed by atoms with Gasteiger partial charge in [-0.25, -0.2) is 12.7 Å². The van der Waals surface area contributed by atoms with Crippen molar-refractivity contribution in [1.29, 1.82) is 0 Å². The molecule has 84 valence electrons. The molecule has 0 saturated carbocycles. The van der Waals surface area contributed by atoms with Crippen molar-refractivity contribution in [1.82, 2.24) is 4.31 Å². The second kappa shape index (κ2) is 6.37. The molecular formula is C8H16ClNO3S. The Morgan fingerprint density at radius 2 is 1.79 bits per heavy atom. The summed E-state index contributed by atoms with van der Waals surface area (Å²) in [5.41, 5.74) is 0. The van der Waals surface area contributed by atoms with Crippen LogP contribution < -0.4 is 0 Å². The minimum absolute atomic E-state index is 0.00681. The third kappa shape index (κ3) is 4.93. The molecule has 0 unspecified atom stereocenters. The Hall–Kier alpha value is -0.130. The molecule has 0 spiro atoms. The fourth-order valence-electron chi connectivity index (χ4n) is 1.14. The zero-order valence-corrected chi connectivity index (χ0v) is 10.1. The van der Waals surface area contributed by atoms with Crippen molar-refractivity contribution in [2.75, 3.05) is 18.8 Å². The topological polar surface area (TPSA) is 54.5 Å². The molecule has 0 aliphatic heterocycles. The summed E-state index contributed by atoms with van der Waals surface area (Å²) < 4.78 is 24.5. The summed E-state index contributed by atoms with van der Waals surface area (Å²) in [5.74, 6) is -0.00681. The minimum Gasteiger partial charge on any atom is -0.281 e. The highest BCUT2D eigenvalue weighted by atomic mass is 35.5. The van der Waals surface area contributed by atoms with Crippen LogP contribution >= 0.6 is 11.6 Å². The van der Waals surface area contributed by atoms with E-state index in [0.717, 1.165) is 0 Å². The molecule has 0 amide bonds. The number of rotatable bonds is 7. The van der Waals surface area contributed by atoms with Crippen molar-refractivity contribution < 1.29 is 13.2 Å². The van der Waals surface area contributed by atoms with Crippen LogP contribution in [0.25, 0.3) is 0 Å². The fourth-order valence-corrected chi connectivity index (χ4v) is 2.83. The Morgan fingerprint density at radius 1 is 1.29 bits per heavy atom. The highest BCUT2D eigenvalue weighted by Gasteiger charge is 2.18. The van der Waals surface area contributed by atoms with Crippen LogP contribution in [0.15, 0.2) is 0 Å². The maximum Gasteiger partial charge on any atom is 0.221 e. The van der Waals surface area contributed by atoms with Crippen LogP contribution in [0.2, 0.25) is 0 Å². The average molecular weight is 242 g/mol. The van der Waals surface area contributed by atoms with Crippen molar-refractivity contribution in [2.24, 2.45) is 0 Å². The van der Waals surface area contributed by atoms with E-state index in [1.807, 2.05) is 0 Å². The average Bonchev–Trinajstić information content (AvgIpc) is 2.04. The Labute approximate surface area is 90.3 Å². The number of sulfonamides is 1. The second-order valence-electron chi connectivity index (χ2n) is 2.86. The highest BCUT2D eigenvalue weighted by molar-refractivity contribution is 7.89. The standard InChI is InChI=1S/C8H16ClNO3S/c1-3-10(4-2)14(12,13)7-5-6-8(9)11/h3-7H2,1-2H3. The third-order valence-electron chi connectivity index (χ3n) is 1.87. The van der Waals surface area contributed by atoms with Crippen molar-refractivity contribution >= 4 is 26.9 Å². The van der Waals surface area contributed by atoms with E-state index in [1.165, 1.54) is 4.31 Å². The molecule has 6 heteroatoms. The van der Waals surface area contributed by atoms with Crippen molar-refractivity contribution in [2.45, 2.75) is 26.7 Å². The normalized spacial score (nSPS) is 12.0. The van der Waals surface area contributed by atoms with Crippen molar-refractivity contribution in [3.05, 3.63) is 0 Å². The van der Waals surface area contributed by atoms with Gasteiger partial charge in [0.05, 0.1) is 5.75 Å². The smallest absolute Gasteiger partial charge is 0.221 e. The summed E-state index contributed by atoms with van der Waals surface area (Å²) >= 11 is 5.11. The Kier molecular flexibility index (Phi) is 6.31. The number of carbonyl (C=O) groups is 1. The molecule has 0 rings (SSSR count). The molecule has 0 N–H and O–H groups in total. The monoisotopic (exact) mass is 241 g/mol. The van der Waals surface area contributed by atoms with Crippen LogP contribution in [0.4, 0.5) is 0 Å². The van der Waals surface area contributed by atoms with Crippen LogP contribution in [0.1, 0.15) is 26.7 Å². The number of hydrogen-bond donors (Lipinski definition) is 0. The SMILES string of the molecule is CCN(CC)S(=O)(=O)CCCC(=O)Cl. The van der Waals surface area contributed by atoms with E-state index in [1.54, 1.807) is 13.8 Å². The van der Waals surface area contributed by atoms with Crippen molar-refractivity contribution in [3.63, 3.8) is 0 Å². The van der Waals surface area contributed by atoms with Gasteiger partial charge in [-0.15, -0.1) is 0 Å². The van der Waals surface area contributed by atoms with Gasteiger partial charge in [0.1, 0.15) is 0 Å². The summed E-state index contributed by atoms with van der Waals surface area (Å²) in [7, 11) is -3.20. The lowest BCUT2D eigenvalue weighted by Gasteiger charge is -2.17. The van der Waals surface area contributed by atoms with Gasteiger partial charge in [-0.2, -0.15) is 0 Å². The molecule has 0 heterocycles. The molecule has 0 aliphatic carbocycles. The van der Waals surface area contributed by atoms with Gasteiger partial charge in [0.2, 0.25) is 15.3 Å². The maximum absolute atomic E-state index is 11.5. The van der Waals surface area contributed by atoms with Crippen LogP contribution in [0.3, 0.4) is 0 Å². The molecule has 0 aromatic rings. The van der Waals surface area contributed by atoms with E-state index >= 15 is 0 Å². The predicted octanol–water partition coefficient (Wildman–Crippen LogP) is 1.20. The van der Waals surface area contributed by atoms with E-state index in [2.05, 4.69) is 0 Å². The number of nitrogens with zero attached hydrogens (tertiary/aromatic N) is 1. The van der Waals surface area contributed by atoms with Crippen LogP contribution in [0.5, 0.6) is 0 Å². The summed E-state index contributed by atoms with van der Waals surface area (Å²) in [5, 5.41) is -0.486. The lowest BCUT2D eigenvalue weighted by Crippen LogP contribution is -2.32. The molecule has 0 atom stereocenters. The minimum atomic E-state index is -3.20. The van der Waals surface area contributed by atoms with Gasteiger partial charge < -0.3 is 0 Å². The van der Waals surface area contributed by atoms with E-state index < -0.39 is 15.3 Å². The number of carbonyl (C=O) groups excluding carboxylic acids is 1. The molecule has 0 aromatic carbocycles. The molecule has 0 aliphatic rings. The summed E-state index contributed by atoms with van der Waals surface area (Å²) in [6.45, 7) is 4.50. The van der Waals surface area contributed by atoms with Gasteiger partial charge in [0.15, 0.2) is 0 Å². The first-order chi connectivity index (χ1) is 6.44. The van der Waals surface area contributed by atoms with Gasteiger partial charge in [0.25, 0.3) is 0 Å². The fraction of sp³-hybridized carbons (Fsp3) is 0.875. The van der Waals surface area contributed by atoms with E-state index in [4.69, 9.17) is 11.6 Å². The van der Waals surface area contributed by atoms with Gasteiger partial charge in [-0.05, 0) is 18.0 Å². The van der Waals surface area contributed by atoms with Crippen molar-refractivity contribution in [3.8, 4) is 0 Å². The lowest BCUT2D eigenvalue weighted by atomic mass is 10.4. The van der Waals surface area contributed by atoms with Gasteiger partial charge in [-0.3, -0.25) is 4.79 Å². The Balaban J connectivity index is 4.13. The summed E-state index contributed by atoms with van der Waals surface area (Å²) in [4.78, 5) is 10.4. The Morgan fingerprint density at radius 3 is 2.14 bits per heavy atom. The highest BCUT2D eigenvalue weighted by Crippen LogP contribution is 2.05. The van der Waals surface area contributed by atoms with Crippen LogP contribution in [-0.4, -0.2) is 36.8 Å². The van der Waals surface area contributed by atoms with Gasteiger partial charge >= 0.3 is 0 Å². The number of hydrogen-bond acceptors (Lipinski definition) is 3. The Bertz CT molecular complexity index is 272. The predicted molar refractivity (Wildman–Crippen MR) is 56.8 cm³/mol. The first-order valence-electron chi connectivity index (χ1n) is 4.60. The molecular weight excluding hydrogens is 226 g/mol. The largest absolute Gasteiger partial charge is 0.281 e. The second-order valence-corrected chi connectivity index (χ2v) is 5.37. The number of halogens is 1. The molecule has 0 fully saturated rings. The van der Waals surface area contributed by atoms with Crippen LogP contribution in [0, 0.1) is 0 Å². The zero-order valence-electron chi connectivity index (χ0n) is 8.49. The maximum atomic E-state index is 11.5. The first kappa shape index (κ1) is 13.9. The molecule has 0 aromatic heterocycles. The molecule has 14 heavy (non-hydrogen) atoms. The quantitative estimate of drug-likeness (QED) is 0.630. The molecule has 4 nitrogen and oxygen atoms in total. The van der Waals surface area contributed by atoms with E-state index in [-0.39, 0.29) is 12.2 Å². The summed E-state index contributed by atoms with van der Waals surface area (Å²) in [6, 6.07) is 0. The molecule has 0 radical (unpaired) electrons. The lowest BCUT2D eigenvalue weighted by molar-refractivity contribution is -0.111. The third-order valence-corrected chi connectivity index (χ3v) is 4.17. The van der Waals surface area contributed by atoms with Gasteiger partial charge in [-0.1, -0.05) is 13.8 Å². The first-order valence-corrected chi connectivity index (χ1v) is 6.59. The van der Waals surface area contributed by atoms with E-state index in [0.29, 0.717) is 19.5 Å². The van der Waals surface area contributed by atoms with E-state index in [9.17, 15) is 13.2 Å². The summed E-state index contributed by atoms with van der Waals surface area (Å²) in [6.07, 6.45) is 0.406. The molecule has 0 bridgehead atoms. The van der Waals surface area contributed by atoms with Crippen LogP contribution in [-0.2, 0) is 14.8 Å². The zero-order chi connectivity index (χ0) is 11.2. The molecule has 0 saturated heterocycles. The van der Waals surface area contributed by atoms with Gasteiger partial charge in [0, 0.05) is 19.5 Å².